The molecule has 22 heavy (non-hydrogen) atoms. The highest BCUT2D eigenvalue weighted by molar-refractivity contribution is 7.89. The molecule has 2 rings (SSSR count). The van der Waals surface area contributed by atoms with Crippen molar-refractivity contribution in [1.82, 2.24) is 4.72 Å². The van der Waals surface area contributed by atoms with Gasteiger partial charge >= 0.3 is 5.97 Å². The van der Waals surface area contributed by atoms with Gasteiger partial charge in [-0.2, -0.15) is 4.72 Å². The first-order chi connectivity index (χ1) is 10.5. The van der Waals surface area contributed by atoms with Gasteiger partial charge in [-0.05, 0) is 29.8 Å². The Kier molecular flexibility index (Phi) is 5.54. The zero-order chi connectivity index (χ0) is 16.0. The van der Waals surface area contributed by atoms with Crippen LogP contribution >= 0.6 is 11.6 Å². The average molecular weight is 340 g/mol. The molecule has 0 heterocycles. The van der Waals surface area contributed by atoms with Crippen molar-refractivity contribution in [2.24, 2.45) is 0 Å². The van der Waals surface area contributed by atoms with Gasteiger partial charge in [0.15, 0.2) is 0 Å². The van der Waals surface area contributed by atoms with Crippen LogP contribution in [0.15, 0.2) is 59.5 Å². The lowest BCUT2D eigenvalue weighted by molar-refractivity contribution is -0.143. The van der Waals surface area contributed by atoms with Gasteiger partial charge in [0.25, 0.3) is 0 Å². The van der Waals surface area contributed by atoms with Crippen LogP contribution in [0, 0.1) is 0 Å². The summed E-state index contributed by atoms with van der Waals surface area (Å²) in [5, 5.41) is 0.540. The van der Waals surface area contributed by atoms with E-state index >= 15 is 0 Å². The van der Waals surface area contributed by atoms with Crippen molar-refractivity contribution in [2.45, 2.75) is 11.5 Å². The highest BCUT2D eigenvalue weighted by Crippen LogP contribution is 2.11. The van der Waals surface area contributed by atoms with Crippen molar-refractivity contribution in [1.29, 1.82) is 0 Å². The minimum Gasteiger partial charge on any atom is -0.460 e. The van der Waals surface area contributed by atoms with Crippen LogP contribution in [0.5, 0.6) is 0 Å². The van der Waals surface area contributed by atoms with Crippen LogP contribution in [-0.2, 0) is 26.2 Å². The molecule has 1 N–H and O–H groups in total. The van der Waals surface area contributed by atoms with Crippen LogP contribution < -0.4 is 4.72 Å². The molecular weight excluding hydrogens is 326 g/mol. The summed E-state index contributed by atoms with van der Waals surface area (Å²) < 4.78 is 31.0. The van der Waals surface area contributed by atoms with Crippen molar-refractivity contribution in [3.8, 4) is 0 Å². The van der Waals surface area contributed by atoms with Crippen molar-refractivity contribution in [2.75, 3.05) is 6.54 Å². The molecule has 0 amide bonds. The van der Waals surface area contributed by atoms with Crippen LogP contribution in [0.2, 0.25) is 5.02 Å². The monoisotopic (exact) mass is 339 g/mol. The molecule has 0 atom stereocenters. The quantitative estimate of drug-likeness (QED) is 0.820. The molecule has 2 aromatic rings. The summed E-state index contributed by atoms with van der Waals surface area (Å²) in [5.41, 5.74) is 0.728. The second-order valence-electron chi connectivity index (χ2n) is 4.43. The molecule has 0 bridgehead atoms. The van der Waals surface area contributed by atoms with E-state index in [2.05, 4.69) is 4.72 Å². The third kappa shape index (κ3) is 4.84. The largest absolute Gasteiger partial charge is 0.460 e. The molecule has 0 aliphatic rings. The maximum absolute atomic E-state index is 11.9. The van der Waals surface area contributed by atoms with Gasteiger partial charge in [0.1, 0.15) is 13.2 Å². The third-order valence-electron chi connectivity index (χ3n) is 2.75. The minimum absolute atomic E-state index is 0.0342. The summed E-state index contributed by atoms with van der Waals surface area (Å²) >= 11 is 5.82. The van der Waals surface area contributed by atoms with Crippen molar-refractivity contribution >= 4 is 27.6 Å². The van der Waals surface area contributed by atoms with E-state index in [-0.39, 0.29) is 11.5 Å². The molecule has 0 radical (unpaired) electrons. The Labute approximate surface area is 133 Å². The van der Waals surface area contributed by atoms with Gasteiger partial charge in [-0.3, -0.25) is 4.79 Å². The first kappa shape index (κ1) is 16.5. The lowest BCUT2D eigenvalue weighted by atomic mass is 10.2. The zero-order valence-corrected chi connectivity index (χ0v) is 13.1. The Bertz CT molecular complexity index is 747. The number of sulfonamides is 1. The van der Waals surface area contributed by atoms with E-state index in [1.165, 1.54) is 12.1 Å². The van der Waals surface area contributed by atoms with Gasteiger partial charge in [0, 0.05) is 5.02 Å². The second kappa shape index (κ2) is 7.40. The number of hydrogen-bond acceptors (Lipinski definition) is 4. The summed E-state index contributed by atoms with van der Waals surface area (Å²) in [5.74, 6) is -0.667. The van der Waals surface area contributed by atoms with Crippen LogP contribution in [0.25, 0.3) is 0 Å². The van der Waals surface area contributed by atoms with Crippen molar-refractivity contribution < 1.29 is 17.9 Å². The number of carbonyl (C=O) groups is 1. The number of esters is 1. The SMILES string of the molecule is O=C(CNS(=O)(=O)c1ccccc1)OCc1cccc(Cl)c1. The van der Waals surface area contributed by atoms with Crippen molar-refractivity contribution in [3.05, 3.63) is 65.2 Å². The van der Waals surface area contributed by atoms with Crippen LogP contribution in [0.1, 0.15) is 5.56 Å². The molecule has 0 aliphatic heterocycles. The van der Waals surface area contributed by atoms with Gasteiger partial charge in [-0.25, -0.2) is 8.42 Å². The molecule has 7 heteroatoms. The summed E-state index contributed by atoms with van der Waals surface area (Å²) in [4.78, 5) is 11.7. The predicted molar refractivity (Wildman–Crippen MR) is 82.9 cm³/mol. The first-order valence-electron chi connectivity index (χ1n) is 6.42. The van der Waals surface area contributed by atoms with Crippen LogP contribution in [0.4, 0.5) is 0 Å². The number of hydrogen-bond donors (Lipinski definition) is 1. The minimum atomic E-state index is -3.72. The fourth-order valence-electron chi connectivity index (χ4n) is 1.68. The maximum atomic E-state index is 11.9. The molecule has 0 saturated carbocycles. The summed E-state index contributed by atoms with van der Waals surface area (Å²) in [7, 11) is -3.72. The van der Waals surface area contributed by atoms with E-state index in [0.29, 0.717) is 5.02 Å². The molecule has 0 fully saturated rings. The Morgan fingerprint density at radius 2 is 1.82 bits per heavy atom. The number of carbonyl (C=O) groups excluding carboxylic acids is 1. The number of rotatable bonds is 6. The normalized spacial score (nSPS) is 11.1. The molecule has 0 saturated heterocycles. The van der Waals surface area contributed by atoms with E-state index in [1.54, 1.807) is 42.5 Å². The second-order valence-corrected chi connectivity index (χ2v) is 6.63. The van der Waals surface area contributed by atoms with Crippen LogP contribution in [0.3, 0.4) is 0 Å². The third-order valence-corrected chi connectivity index (χ3v) is 4.40. The van der Waals surface area contributed by atoms with Crippen molar-refractivity contribution in [3.63, 3.8) is 0 Å². The molecule has 0 aliphatic carbocycles. The Hall–Kier alpha value is -1.89. The predicted octanol–water partition coefficient (Wildman–Crippen LogP) is 2.36. The topological polar surface area (TPSA) is 72.5 Å². The highest BCUT2D eigenvalue weighted by Gasteiger charge is 2.15. The first-order valence-corrected chi connectivity index (χ1v) is 8.28. The Morgan fingerprint density at radius 1 is 1.09 bits per heavy atom. The van der Waals surface area contributed by atoms with Gasteiger partial charge in [0.2, 0.25) is 10.0 Å². The maximum Gasteiger partial charge on any atom is 0.321 e. The lowest BCUT2D eigenvalue weighted by Crippen LogP contribution is -2.30. The molecular formula is C15H14ClNO4S. The van der Waals surface area contributed by atoms with E-state index in [9.17, 15) is 13.2 Å². The fourth-order valence-corrected chi connectivity index (χ4v) is 2.88. The number of ether oxygens (including phenoxy) is 1. The molecule has 0 spiro atoms. The van der Waals surface area contributed by atoms with E-state index in [4.69, 9.17) is 16.3 Å². The van der Waals surface area contributed by atoms with Gasteiger partial charge in [-0.1, -0.05) is 41.9 Å². The molecule has 2 aromatic carbocycles. The van der Waals surface area contributed by atoms with E-state index in [1.807, 2.05) is 0 Å². The Balaban J connectivity index is 1.85. The number of halogens is 1. The summed E-state index contributed by atoms with van der Waals surface area (Å²) in [6, 6.07) is 14.7. The summed E-state index contributed by atoms with van der Waals surface area (Å²) in [6.45, 7) is -0.399. The Morgan fingerprint density at radius 3 is 2.50 bits per heavy atom. The lowest BCUT2D eigenvalue weighted by Gasteiger charge is -2.07. The van der Waals surface area contributed by atoms with E-state index in [0.717, 1.165) is 5.56 Å². The number of nitrogens with one attached hydrogen (secondary N) is 1. The van der Waals surface area contributed by atoms with Gasteiger partial charge < -0.3 is 4.74 Å². The van der Waals surface area contributed by atoms with Crippen LogP contribution in [-0.4, -0.2) is 20.9 Å². The van der Waals surface area contributed by atoms with Gasteiger partial charge in [0.05, 0.1) is 4.90 Å². The highest BCUT2D eigenvalue weighted by atomic mass is 35.5. The average Bonchev–Trinajstić information content (AvgIpc) is 2.52. The molecule has 116 valence electrons. The standard InChI is InChI=1S/C15H14ClNO4S/c16-13-6-4-5-12(9-13)11-21-15(18)10-17-22(19,20)14-7-2-1-3-8-14/h1-9,17H,10-11H2. The molecule has 0 aromatic heterocycles. The fraction of sp³-hybridized carbons (Fsp3) is 0.133. The summed E-state index contributed by atoms with van der Waals surface area (Å²) in [6.07, 6.45) is 0. The molecule has 5 nitrogen and oxygen atoms in total. The van der Waals surface area contributed by atoms with Gasteiger partial charge in [-0.15, -0.1) is 0 Å². The zero-order valence-electron chi connectivity index (χ0n) is 11.5. The number of benzene rings is 2. The molecule has 0 unspecified atom stereocenters. The smallest absolute Gasteiger partial charge is 0.321 e. The van der Waals surface area contributed by atoms with E-state index < -0.39 is 22.5 Å².